The van der Waals surface area contributed by atoms with Crippen LogP contribution >= 0.6 is 11.3 Å². The summed E-state index contributed by atoms with van der Waals surface area (Å²) in [6.45, 7) is 5.83. The van der Waals surface area contributed by atoms with Crippen molar-refractivity contribution in [1.82, 2.24) is 15.2 Å². The maximum atomic E-state index is 12.8. The lowest BCUT2D eigenvalue weighted by molar-refractivity contribution is -0.132. The van der Waals surface area contributed by atoms with Crippen LogP contribution in [0.4, 0.5) is 0 Å². The summed E-state index contributed by atoms with van der Waals surface area (Å²) >= 11 is 1.39. The summed E-state index contributed by atoms with van der Waals surface area (Å²) in [5, 5.41) is 5.22. The molecular formula is C27H31N3O4S. The maximum absolute atomic E-state index is 12.8. The van der Waals surface area contributed by atoms with Crippen LogP contribution in [0, 0.1) is 6.92 Å². The van der Waals surface area contributed by atoms with Gasteiger partial charge in [0.05, 0.1) is 12.6 Å². The highest BCUT2D eigenvalue weighted by atomic mass is 32.1. The number of nitrogens with one attached hydrogen (secondary N) is 1. The minimum absolute atomic E-state index is 0.141. The Balaban J connectivity index is 1.52. The first-order chi connectivity index (χ1) is 17.0. The number of rotatable bonds is 9. The molecule has 3 aromatic rings. The van der Waals surface area contributed by atoms with Gasteiger partial charge >= 0.3 is 0 Å². The van der Waals surface area contributed by atoms with E-state index in [4.69, 9.17) is 9.47 Å². The van der Waals surface area contributed by atoms with Gasteiger partial charge in [0.2, 0.25) is 5.91 Å². The highest BCUT2D eigenvalue weighted by molar-refractivity contribution is 7.09. The number of carbonyl (C=O) groups excluding carboxylic acids is 2. The Bertz CT molecular complexity index is 1180. The van der Waals surface area contributed by atoms with Crippen LogP contribution < -0.4 is 10.1 Å². The minimum Gasteiger partial charge on any atom is -0.486 e. The smallest absolute Gasteiger partial charge is 0.270 e. The Labute approximate surface area is 210 Å². The van der Waals surface area contributed by atoms with E-state index >= 15 is 0 Å². The molecule has 0 fully saturated rings. The summed E-state index contributed by atoms with van der Waals surface area (Å²) in [5.74, 6) is 0.638. The van der Waals surface area contributed by atoms with Crippen molar-refractivity contribution in [3.8, 4) is 5.75 Å². The Hall–Kier alpha value is -3.23. The van der Waals surface area contributed by atoms with Gasteiger partial charge in [0.25, 0.3) is 5.91 Å². The number of hydrogen-bond donors (Lipinski definition) is 1. The van der Waals surface area contributed by atoms with Crippen molar-refractivity contribution < 1.29 is 19.1 Å². The standard InChI is InChI=1S/C27H31N3O4S/c1-4-25(31)30-13-11-19-9-10-21(15-22(19)26(30)20-7-5-18(2)6-8-20)34-16-24-29-23(17-35-24)27(32)28-12-14-33-3/h5-10,15,17,26H,4,11-14,16H2,1-3H3,(H,28,32)/t26-/m0/s1. The lowest BCUT2D eigenvalue weighted by atomic mass is 9.87. The first kappa shape index (κ1) is 24.9. The van der Waals surface area contributed by atoms with E-state index < -0.39 is 0 Å². The van der Waals surface area contributed by atoms with Gasteiger partial charge in [0, 0.05) is 32.0 Å². The van der Waals surface area contributed by atoms with Crippen molar-refractivity contribution in [3.63, 3.8) is 0 Å². The number of carbonyl (C=O) groups is 2. The van der Waals surface area contributed by atoms with Crippen LogP contribution in [0.5, 0.6) is 5.75 Å². The largest absolute Gasteiger partial charge is 0.486 e. The quantitative estimate of drug-likeness (QED) is 0.450. The predicted molar refractivity (Wildman–Crippen MR) is 136 cm³/mol. The van der Waals surface area contributed by atoms with Gasteiger partial charge in [-0.2, -0.15) is 0 Å². The van der Waals surface area contributed by atoms with E-state index in [1.165, 1.54) is 22.5 Å². The van der Waals surface area contributed by atoms with Crippen LogP contribution in [-0.2, 0) is 22.6 Å². The molecule has 1 atom stereocenters. The highest BCUT2D eigenvalue weighted by Crippen LogP contribution is 2.37. The Morgan fingerprint density at radius 2 is 2.00 bits per heavy atom. The van der Waals surface area contributed by atoms with Crippen LogP contribution in [0.3, 0.4) is 0 Å². The molecule has 0 saturated heterocycles. The fourth-order valence-electron chi connectivity index (χ4n) is 4.25. The molecule has 1 N–H and O–H groups in total. The zero-order chi connectivity index (χ0) is 24.8. The number of amides is 2. The van der Waals surface area contributed by atoms with Crippen molar-refractivity contribution >= 4 is 23.2 Å². The molecule has 0 radical (unpaired) electrons. The van der Waals surface area contributed by atoms with E-state index in [-0.39, 0.29) is 24.5 Å². The molecule has 4 rings (SSSR count). The van der Waals surface area contributed by atoms with Gasteiger partial charge < -0.3 is 19.7 Å². The van der Waals surface area contributed by atoms with Crippen molar-refractivity contribution in [3.05, 3.63) is 80.8 Å². The predicted octanol–water partition coefficient (Wildman–Crippen LogP) is 4.29. The number of methoxy groups -OCH3 is 1. The molecule has 1 aromatic heterocycles. The molecule has 0 aliphatic carbocycles. The first-order valence-corrected chi connectivity index (χ1v) is 12.7. The zero-order valence-corrected chi connectivity index (χ0v) is 21.2. The molecule has 0 saturated carbocycles. The third kappa shape index (κ3) is 5.89. The van der Waals surface area contributed by atoms with Gasteiger partial charge in [0.15, 0.2) is 0 Å². The van der Waals surface area contributed by atoms with Crippen molar-refractivity contribution in [1.29, 1.82) is 0 Å². The van der Waals surface area contributed by atoms with Gasteiger partial charge in [-0.1, -0.05) is 42.8 Å². The van der Waals surface area contributed by atoms with Gasteiger partial charge in [0.1, 0.15) is 23.1 Å². The number of hydrogen-bond acceptors (Lipinski definition) is 6. The average Bonchev–Trinajstić information content (AvgIpc) is 3.36. The summed E-state index contributed by atoms with van der Waals surface area (Å²) in [5.41, 5.74) is 4.98. The molecule has 35 heavy (non-hydrogen) atoms. The van der Waals surface area contributed by atoms with Gasteiger partial charge in [-0.25, -0.2) is 4.98 Å². The molecule has 8 heteroatoms. The lowest BCUT2D eigenvalue weighted by Gasteiger charge is -2.38. The molecule has 2 aromatic carbocycles. The van der Waals surface area contributed by atoms with E-state index in [9.17, 15) is 9.59 Å². The Kier molecular flexibility index (Phi) is 8.15. The molecule has 184 valence electrons. The molecule has 1 aliphatic rings. The third-order valence-corrected chi connectivity index (χ3v) is 6.92. The maximum Gasteiger partial charge on any atom is 0.270 e. The molecule has 0 bridgehead atoms. The van der Waals surface area contributed by atoms with Crippen molar-refractivity contribution in [2.24, 2.45) is 0 Å². The second-order valence-electron chi connectivity index (χ2n) is 8.53. The van der Waals surface area contributed by atoms with E-state index in [1.54, 1.807) is 12.5 Å². The third-order valence-electron chi connectivity index (χ3n) is 6.10. The number of aromatic nitrogens is 1. The Morgan fingerprint density at radius 3 is 2.74 bits per heavy atom. The van der Waals surface area contributed by atoms with Crippen molar-refractivity contribution in [2.45, 2.75) is 39.3 Å². The average molecular weight is 494 g/mol. The van der Waals surface area contributed by atoms with Crippen LogP contribution in [-0.4, -0.2) is 48.5 Å². The van der Waals surface area contributed by atoms with E-state index in [0.717, 1.165) is 22.6 Å². The SMILES string of the molecule is CCC(=O)N1CCc2ccc(OCc3nc(C(=O)NCCOC)cs3)cc2[C@@H]1c1ccc(C)cc1. The van der Waals surface area contributed by atoms with Gasteiger partial charge in [-0.15, -0.1) is 11.3 Å². The monoisotopic (exact) mass is 493 g/mol. The fourth-order valence-corrected chi connectivity index (χ4v) is 4.93. The number of thiazole rings is 1. The topological polar surface area (TPSA) is 80.8 Å². The van der Waals surface area contributed by atoms with Crippen LogP contribution in [0.1, 0.15) is 57.1 Å². The number of aryl methyl sites for hydroxylation is 1. The van der Waals surface area contributed by atoms with Crippen molar-refractivity contribution in [2.75, 3.05) is 26.8 Å². The fraction of sp³-hybridized carbons (Fsp3) is 0.370. The highest BCUT2D eigenvalue weighted by Gasteiger charge is 2.31. The molecule has 2 amide bonds. The second-order valence-corrected chi connectivity index (χ2v) is 9.47. The molecule has 2 heterocycles. The molecule has 1 aliphatic heterocycles. The van der Waals surface area contributed by atoms with Gasteiger partial charge in [-0.3, -0.25) is 9.59 Å². The number of ether oxygens (including phenoxy) is 2. The second kappa shape index (κ2) is 11.5. The van der Waals surface area contributed by atoms with E-state index in [2.05, 4.69) is 47.6 Å². The normalized spacial score (nSPS) is 14.9. The van der Waals surface area contributed by atoms with E-state index in [1.807, 2.05) is 24.0 Å². The number of benzene rings is 2. The summed E-state index contributed by atoms with van der Waals surface area (Å²) in [4.78, 5) is 31.4. The summed E-state index contributed by atoms with van der Waals surface area (Å²) in [6, 6.07) is 14.3. The Morgan fingerprint density at radius 1 is 1.20 bits per heavy atom. The van der Waals surface area contributed by atoms with Crippen LogP contribution in [0.15, 0.2) is 47.8 Å². The lowest BCUT2D eigenvalue weighted by Crippen LogP contribution is -2.40. The molecule has 7 nitrogen and oxygen atoms in total. The van der Waals surface area contributed by atoms with Gasteiger partial charge in [-0.05, 0) is 42.2 Å². The summed E-state index contributed by atoms with van der Waals surface area (Å²) in [7, 11) is 1.59. The van der Waals surface area contributed by atoms with Crippen LogP contribution in [0.2, 0.25) is 0 Å². The molecular weight excluding hydrogens is 462 g/mol. The van der Waals surface area contributed by atoms with Crippen LogP contribution in [0.25, 0.3) is 0 Å². The summed E-state index contributed by atoms with van der Waals surface area (Å²) < 4.78 is 11.0. The number of nitrogens with zero attached hydrogens (tertiary/aromatic N) is 2. The number of fused-ring (bicyclic) bond motifs is 1. The molecule has 0 unspecified atom stereocenters. The zero-order valence-electron chi connectivity index (χ0n) is 20.4. The summed E-state index contributed by atoms with van der Waals surface area (Å²) in [6.07, 6.45) is 1.29. The van der Waals surface area contributed by atoms with E-state index in [0.29, 0.717) is 37.6 Å². The minimum atomic E-state index is -0.222. The first-order valence-electron chi connectivity index (χ1n) is 11.8. The molecule has 0 spiro atoms.